The molecule has 0 spiro atoms. The second kappa shape index (κ2) is 5.64. The Kier molecular flexibility index (Phi) is 4.17. The number of aromatic nitrogens is 2. The first-order valence-corrected chi connectivity index (χ1v) is 6.63. The van der Waals surface area contributed by atoms with Gasteiger partial charge in [0.05, 0.1) is 6.20 Å². The number of nitrogens with two attached hydrogens (primary N) is 1. The molecule has 1 saturated carbocycles. The Morgan fingerprint density at radius 1 is 1.41 bits per heavy atom. The summed E-state index contributed by atoms with van der Waals surface area (Å²) in [5, 5.41) is 12.4. The Morgan fingerprint density at radius 2 is 2.12 bits per heavy atom. The Labute approximate surface area is 109 Å². The average Bonchev–Trinajstić information content (AvgIpc) is 2.35. The summed E-state index contributed by atoms with van der Waals surface area (Å²) in [5.74, 6) is 1.53. The van der Waals surface area contributed by atoms with E-state index in [4.69, 9.17) is 10.8 Å². The van der Waals surface area contributed by atoms with Gasteiger partial charge in [0.1, 0.15) is 4.60 Å². The van der Waals surface area contributed by atoms with E-state index in [2.05, 4.69) is 31.2 Å². The standard InChI is InChI=1S/C11H17BrN4O/c12-9-5-14-10(13)11(16-9)15-8-3-1-7(6-17)2-4-8/h5,7-8,17H,1-4,6H2,(H2,13,14)(H,15,16)/t7-,8-. The van der Waals surface area contributed by atoms with Crippen molar-refractivity contribution in [2.24, 2.45) is 5.92 Å². The normalized spacial score (nSPS) is 24.6. The smallest absolute Gasteiger partial charge is 0.170 e. The van der Waals surface area contributed by atoms with Crippen molar-refractivity contribution in [3.63, 3.8) is 0 Å². The molecule has 0 aliphatic heterocycles. The number of anilines is 2. The van der Waals surface area contributed by atoms with Crippen molar-refractivity contribution in [3.8, 4) is 0 Å². The van der Waals surface area contributed by atoms with E-state index >= 15 is 0 Å². The highest BCUT2D eigenvalue weighted by Gasteiger charge is 2.21. The zero-order valence-corrected chi connectivity index (χ0v) is 11.2. The summed E-state index contributed by atoms with van der Waals surface area (Å²) in [4.78, 5) is 8.32. The second-order valence-electron chi connectivity index (χ2n) is 4.47. The van der Waals surface area contributed by atoms with Crippen molar-refractivity contribution in [1.29, 1.82) is 0 Å². The fourth-order valence-electron chi connectivity index (χ4n) is 2.17. The Hall–Kier alpha value is -0.880. The molecular weight excluding hydrogens is 284 g/mol. The van der Waals surface area contributed by atoms with Gasteiger partial charge in [-0.05, 0) is 47.5 Å². The van der Waals surface area contributed by atoms with Gasteiger partial charge >= 0.3 is 0 Å². The van der Waals surface area contributed by atoms with E-state index in [-0.39, 0.29) is 0 Å². The third-order valence-corrected chi connectivity index (χ3v) is 3.60. The van der Waals surface area contributed by atoms with E-state index in [9.17, 15) is 0 Å². The first-order chi connectivity index (χ1) is 8.19. The summed E-state index contributed by atoms with van der Waals surface area (Å²) >= 11 is 3.28. The van der Waals surface area contributed by atoms with Crippen LogP contribution in [-0.4, -0.2) is 27.7 Å². The molecule has 0 radical (unpaired) electrons. The molecule has 94 valence electrons. The molecule has 4 N–H and O–H groups in total. The van der Waals surface area contributed by atoms with Gasteiger partial charge < -0.3 is 16.2 Å². The van der Waals surface area contributed by atoms with Gasteiger partial charge in [0.2, 0.25) is 0 Å². The summed E-state index contributed by atoms with van der Waals surface area (Å²) in [6.07, 6.45) is 5.77. The molecular formula is C11H17BrN4O. The number of hydrogen-bond donors (Lipinski definition) is 3. The van der Waals surface area contributed by atoms with Crippen LogP contribution in [0.3, 0.4) is 0 Å². The molecule has 5 nitrogen and oxygen atoms in total. The van der Waals surface area contributed by atoms with Gasteiger partial charge in [-0.3, -0.25) is 0 Å². The average molecular weight is 301 g/mol. The molecule has 17 heavy (non-hydrogen) atoms. The van der Waals surface area contributed by atoms with Crippen LogP contribution in [0.5, 0.6) is 0 Å². The maximum absolute atomic E-state index is 9.08. The minimum absolute atomic E-state index is 0.297. The van der Waals surface area contributed by atoms with Crippen LogP contribution in [0.15, 0.2) is 10.8 Å². The molecule has 0 unspecified atom stereocenters. The van der Waals surface area contributed by atoms with Crippen molar-refractivity contribution < 1.29 is 5.11 Å². The van der Waals surface area contributed by atoms with E-state index in [0.29, 0.717) is 34.8 Å². The van der Waals surface area contributed by atoms with Crippen molar-refractivity contribution in [3.05, 3.63) is 10.8 Å². The lowest BCUT2D eigenvalue weighted by Crippen LogP contribution is -2.28. The molecule has 1 aromatic rings. The highest BCUT2D eigenvalue weighted by molar-refractivity contribution is 9.10. The van der Waals surface area contributed by atoms with Gasteiger partial charge in [0, 0.05) is 12.6 Å². The summed E-state index contributed by atoms with van der Waals surface area (Å²) in [5.41, 5.74) is 5.76. The summed E-state index contributed by atoms with van der Waals surface area (Å²) in [6, 6.07) is 0.378. The number of nitrogens with one attached hydrogen (secondary N) is 1. The third kappa shape index (κ3) is 3.29. The lowest BCUT2D eigenvalue weighted by Gasteiger charge is -2.28. The lowest BCUT2D eigenvalue weighted by molar-refractivity contribution is 0.185. The summed E-state index contributed by atoms with van der Waals surface area (Å²) in [6.45, 7) is 0.297. The highest BCUT2D eigenvalue weighted by Crippen LogP contribution is 2.27. The maximum atomic E-state index is 9.08. The van der Waals surface area contributed by atoms with Gasteiger partial charge in [0.15, 0.2) is 11.6 Å². The van der Waals surface area contributed by atoms with Crippen LogP contribution >= 0.6 is 15.9 Å². The monoisotopic (exact) mass is 300 g/mol. The van der Waals surface area contributed by atoms with Crippen molar-refractivity contribution in [2.45, 2.75) is 31.7 Å². The van der Waals surface area contributed by atoms with Crippen LogP contribution in [0.2, 0.25) is 0 Å². The summed E-state index contributed by atoms with van der Waals surface area (Å²) < 4.78 is 0.679. The molecule has 0 aromatic carbocycles. The third-order valence-electron chi connectivity index (χ3n) is 3.22. The van der Waals surface area contributed by atoms with Gasteiger partial charge in [-0.15, -0.1) is 0 Å². The number of hydrogen-bond acceptors (Lipinski definition) is 5. The van der Waals surface area contributed by atoms with Crippen LogP contribution in [0.1, 0.15) is 25.7 Å². The maximum Gasteiger partial charge on any atom is 0.170 e. The van der Waals surface area contributed by atoms with Crippen LogP contribution in [0.4, 0.5) is 11.6 Å². The van der Waals surface area contributed by atoms with Gasteiger partial charge in [0.25, 0.3) is 0 Å². The molecule has 2 rings (SSSR count). The highest BCUT2D eigenvalue weighted by atomic mass is 79.9. The molecule has 0 bridgehead atoms. The number of nitrogen functional groups attached to an aromatic ring is 1. The molecule has 0 atom stereocenters. The lowest BCUT2D eigenvalue weighted by atomic mass is 9.86. The van der Waals surface area contributed by atoms with Gasteiger partial charge in [-0.2, -0.15) is 0 Å². The largest absolute Gasteiger partial charge is 0.396 e. The number of aliphatic hydroxyl groups excluding tert-OH is 1. The molecule has 1 aliphatic rings. The van der Waals surface area contributed by atoms with Crippen LogP contribution < -0.4 is 11.1 Å². The molecule has 6 heteroatoms. The SMILES string of the molecule is Nc1ncc(Br)nc1N[C@H]1CC[C@H](CO)CC1. The molecule has 1 aliphatic carbocycles. The minimum Gasteiger partial charge on any atom is -0.396 e. The van der Waals surface area contributed by atoms with Crippen LogP contribution in [0, 0.1) is 5.92 Å². The molecule has 0 saturated heterocycles. The van der Waals surface area contributed by atoms with Crippen molar-refractivity contribution >= 4 is 27.6 Å². The Bertz CT molecular complexity index is 380. The first-order valence-electron chi connectivity index (χ1n) is 5.84. The van der Waals surface area contributed by atoms with E-state index in [1.807, 2.05) is 0 Å². The Balaban J connectivity index is 1.95. The number of rotatable bonds is 3. The van der Waals surface area contributed by atoms with Gasteiger partial charge in [-0.1, -0.05) is 0 Å². The van der Waals surface area contributed by atoms with Crippen molar-refractivity contribution in [1.82, 2.24) is 9.97 Å². The van der Waals surface area contributed by atoms with Crippen LogP contribution in [-0.2, 0) is 0 Å². The van der Waals surface area contributed by atoms with E-state index in [1.54, 1.807) is 6.20 Å². The van der Waals surface area contributed by atoms with Crippen molar-refractivity contribution in [2.75, 3.05) is 17.7 Å². The molecule has 1 fully saturated rings. The summed E-state index contributed by atoms with van der Waals surface area (Å²) in [7, 11) is 0. The predicted molar refractivity (Wildman–Crippen MR) is 70.6 cm³/mol. The van der Waals surface area contributed by atoms with Crippen LogP contribution in [0.25, 0.3) is 0 Å². The Morgan fingerprint density at radius 3 is 2.76 bits per heavy atom. The zero-order chi connectivity index (χ0) is 12.3. The quantitative estimate of drug-likeness (QED) is 0.792. The molecule has 1 aromatic heterocycles. The zero-order valence-electron chi connectivity index (χ0n) is 9.56. The second-order valence-corrected chi connectivity index (χ2v) is 5.28. The first kappa shape index (κ1) is 12.6. The predicted octanol–water partition coefficient (Wildman–Crippen LogP) is 1.78. The topological polar surface area (TPSA) is 84.1 Å². The minimum atomic E-state index is 0.297. The number of halogens is 1. The number of aliphatic hydroxyl groups is 1. The fraction of sp³-hybridized carbons (Fsp3) is 0.636. The fourth-order valence-corrected chi connectivity index (χ4v) is 2.45. The molecule has 0 amide bonds. The molecule has 1 heterocycles. The van der Waals surface area contributed by atoms with E-state index in [1.165, 1.54) is 0 Å². The van der Waals surface area contributed by atoms with E-state index in [0.717, 1.165) is 25.7 Å². The van der Waals surface area contributed by atoms with E-state index < -0.39 is 0 Å². The number of nitrogens with zero attached hydrogens (tertiary/aromatic N) is 2. The van der Waals surface area contributed by atoms with Gasteiger partial charge in [-0.25, -0.2) is 9.97 Å².